The van der Waals surface area contributed by atoms with Gasteiger partial charge in [-0.3, -0.25) is 4.79 Å². The lowest BCUT2D eigenvalue weighted by Gasteiger charge is -2.09. The predicted octanol–water partition coefficient (Wildman–Crippen LogP) is 6.63. The average molecular weight is 475 g/mol. The molecular weight excluding hydrogens is 456 g/mol. The lowest BCUT2D eigenvalue weighted by molar-refractivity contribution is 0.0702. The lowest BCUT2D eigenvalue weighted by atomic mass is 10.1. The van der Waals surface area contributed by atoms with E-state index < -0.39 is 5.97 Å². The first-order valence-corrected chi connectivity index (χ1v) is 11.0. The molecule has 6 nitrogen and oxygen atoms in total. The molecule has 2 heterocycles. The summed E-state index contributed by atoms with van der Waals surface area (Å²) in [5.41, 5.74) is 2.18. The summed E-state index contributed by atoms with van der Waals surface area (Å²) >= 11 is 6.00. The standard InChI is InChI=1S/C27H19ClO6/c1-3-31-21-7-5-4-6-16(21)13-23-25(29)19-9-11-20(15(2)26(19)33-23)34-27(30)24-14-17-12-18(28)8-10-22(17)32-24/h4-14H,3H2,1-2H3/b23-13-. The van der Waals surface area contributed by atoms with Gasteiger partial charge in [-0.05, 0) is 62.4 Å². The second-order valence-electron chi connectivity index (χ2n) is 7.66. The number of hydrogen-bond acceptors (Lipinski definition) is 6. The smallest absolute Gasteiger partial charge is 0.379 e. The topological polar surface area (TPSA) is 75.0 Å². The largest absolute Gasteiger partial charge is 0.493 e. The van der Waals surface area contributed by atoms with Crippen LogP contribution < -0.4 is 14.2 Å². The van der Waals surface area contributed by atoms with E-state index in [0.29, 0.717) is 45.2 Å². The Kier molecular flexibility index (Phi) is 5.59. The van der Waals surface area contributed by atoms with Crippen LogP contribution in [0.15, 0.2) is 70.8 Å². The molecule has 5 rings (SSSR count). The molecule has 0 spiro atoms. The van der Waals surface area contributed by atoms with Gasteiger partial charge >= 0.3 is 5.97 Å². The first-order chi connectivity index (χ1) is 16.4. The molecular formula is C27H19ClO6. The number of halogens is 1. The molecule has 4 aromatic rings. The van der Waals surface area contributed by atoms with Crippen LogP contribution >= 0.6 is 11.6 Å². The Labute approximate surface area is 200 Å². The minimum Gasteiger partial charge on any atom is -0.493 e. The number of esters is 1. The zero-order valence-electron chi connectivity index (χ0n) is 18.4. The van der Waals surface area contributed by atoms with Gasteiger partial charge in [0.2, 0.25) is 11.5 Å². The van der Waals surface area contributed by atoms with Crippen molar-refractivity contribution < 1.29 is 28.2 Å². The van der Waals surface area contributed by atoms with Crippen LogP contribution in [0.25, 0.3) is 17.0 Å². The summed E-state index contributed by atoms with van der Waals surface area (Å²) in [5, 5.41) is 1.23. The van der Waals surface area contributed by atoms with E-state index in [1.165, 1.54) is 0 Å². The van der Waals surface area contributed by atoms with Crippen molar-refractivity contribution in [1.29, 1.82) is 0 Å². The number of Topliss-reactive ketones (excluding diaryl/α,β-unsaturated/α-hetero) is 1. The van der Waals surface area contributed by atoms with Crippen molar-refractivity contribution in [3.05, 3.63) is 93.9 Å². The van der Waals surface area contributed by atoms with E-state index in [0.717, 1.165) is 5.56 Å². The van der Waals surface area contributed by atoms with Crippen LogP contribution in [-0.2, 0) is 0 Å². The van der Waals surface area contributed by atoms with E-state index in [1.807, 2.05) is 31.2 Å². The quantitative estimate of drug-likeness (QED) is 0.183. The van der Waals surface area contributed by atoms with Crippen molar-refractivity contribution in [2.45, 2.75) is 13.8 Å². The number of para-hydroxylation sites is 1. The molecule has 0 unspecified atom stereocenters. The molecule has 0 radical (unpaired) electrons. The van der Waals surface area contributed by atoms with Crippen LogP contribution in [0.3, 0.4) is 0 Å². The van der Waals surface area contributed by atoms with Gasteiger partial charge in [-0.25, -0.2) is 4.79 Å². The van der Waals surface area contributed by atoms with Crippen molar-refractivity contribution in [3.63, 3.8) is 0 Å². The van der Waals surface area contributed by atoms with Gasteiger partial charge in [0.1, 0.15) is 22.8 Å². The lowest BCUT2D eigenvalue weighted by Crippen LogP contribution is -2.08. The molecule has 0 amide bonds. The number of hydrogen-bond donors (Lipinski definition) is 0. The fraction of sp³-hybridized carbons (Fsp3) is 0.111. The van der Waals surface area contributed by atoms with Crippen LogP contribution in [0, 0.1) is 6.92 Å². The molecule has 0 bridgehead atoms. The predicted molar refractivity (Wildman–Crippen MR) is 128 cm³/mol. The van der Waals surface area contributed by atoms with Crippen molar-refractivity contribution in [2.75, 3.05) is 6.61 Å². The first-order valence-electron chi connectivity index (χ1n) is 10.7. The van der Waals surface area contributed by atoms with E-state index >= 15 is 0 Å². The maximum absolute atomic E-state index is 12.9. The second kappa shape index (κ2) is 8.72. The number of ketones is 1. The third-order valence-electron chi connectivity index (χ3n) is 5.42. The van der Waals surface area contributed by atoms with Crippen LogP contribution in [0.1, 0.15) is 39.0 Å². The van der Waals surface area contributed by atoms with Crippen LogP contribution in [0.2, 0.25) is 5.02 Å². The molecule has 7 heteroatoms. The molecule has 3 aromatic carbocycles. The molecule has 0 fully saturated rings. The number of rotatable bonds is 5. The van der Waals surface area contributed by atoms with E-state index in [2.05, 4.69) is 0 Å². The third kappa shape index (κ3) is 3.93. The summed E-state index contributed by atoms with van der Waals surface area (Å²) in [7, 11) is 0. The SMILES string of the molecule is CCOc1ccccc1/C=C1\Oc2c(ccc(OC(=O)c3cc4cc(Cl)ccc4o3)c2C)C1=O. The fourth-order valence-corrected chi connectivity index (χ4v) is 3.95. The number of carbonyl (C=O) groups excluding carboxylic acids is 2. The van der Waals surface area contributed by atoms with Gasteiger partial charge in [0.25, 0.3) is 0 Å². The maximum atomic E-state index is 12.9. The highest BCUT2D eigenvalue weighted by Crippen LogP contribution is 2.40. The Morgan fingerprint density at radius 3 is 2.71 bits per heavy atom. The normalized spacial score (nSPS) is 13.7. The van der Waals surface area contributed by atoms with Crippen molar-refractivity contribution in [1.82, 2.24) is 0 Å². The highest BCUT2D eigenvalue weighted by atomic mass is 35.5. The van der Waals surface area contributed by atoms with Gasteiger partial charge in [0, 0.05) is 21.5 Å². The highest BCUT2D eigenvalue weighted by Gasteiger charge is 2.31. The number of furan rings is 1. The molecule has 1 aliphatic heterocycles. The summed E-state index contributed by atoms with van der Waals surface area (Å²) in [6, 6.07) is 17.2. The summed E-state index contributed by atoms with van der Waals surface area (Å²) < 4.78 is 22.7. The molecule has 0 aliphatic carbocycles. The minimum atomic E-state index is -0.666. The summed E-state index contributed by atoms with van der Waals surface area (Å²) in [6.45, 7) is 4.12. The van der Waals surface area contributed by atoms with Crippen molar-refractivity contribution in [3.8, 4) is 17.2 Å². The first kappa shape index (κ1) is 21.8. The van der Waals surface area contributed by atoms with Crippen LogP contribution in [0.4, 0.5) is 0 Å². The Morgan fingerprint density at radius 1 is 1.06 bits per heavy atom. The van der Waals surface area contributed by atoms with Gasteiger partial charge in [0.15, 0.2) is 5.76 Å². The number of fused-ring (bicyclic) bond motifs is 2. The highest BCUT2D eigenvalue weighted by molar-refractivity contribution is 6.31. The van der Waals surface area contributed by atoms with E-state index in [-0.39, 0.29) is 23.1 Å². The van der Waals surface area contributed by atoms with E-state index in [1.54, 1.807) is 49.4 Å². The molecule has 0 N–H and O–H groups in total. The Hall–Kier alpha value is -4.03. The van der Waals surface area contributed by atoms with Crippen LogP contribution in [0.5, 0.6) is 17.2 Å². The summed E-state index contributed by atoms with van der Waals surface area (Å²) in [6.07, 6.45) is 1.65. The molecule has 1 aliphatic rings. The zero-order valence-corrected chi connectivity index (χ0v) is 19.1. The molecule has 1 aromatic heterocycles. The zero-order chi connectivity index (χ0) is 23.8. The van der Waals surface area contributed by atoms with Crippen LogP contribution in [-0.4, -0.2) is 18.4 Å². The molecule has 0 saturated carbocycles. The number of ether oxygens (including phenoxy) is 3. The van der Waals surface area contributed by atoms with Gasteiger partial charge in [-0.2, -0.15) is 0 Å². The number of benzene rings is 3. The molecule has 0 atom stereocenters. The number of allylic oxidation sites excluding steroid dienone is 1. The minimum absolute atomic E-state index is 0.0438. The fourth-order valence-electron chi connectivity index (χ4n) is 3.77. The monoisotopic (exact) mass is 474 g/mol. The second-order valence-corrected chi connectivity index (χ2v) is 8.09. The van der Waals surface area contributed by atoms with Gasteiger partial charge < -0.3 is 18.6 Å². The maximum Gasteiger partial charge on any atom is 0.379 e. The Bertz CT molecular complexity index is 1480. The van der Waals surface area contributed by atoms with Gasteiger partial charge in [-0.1, -0.05) is 29.8 Å². The Balaban J connectivity index is 1.42. The van der Waals surface area contributed by atoms with Crippen molar-refractivity contribution in [2.24, 2.45) is 0 Å². The van der Waals surface area contributed by atoms with Gasteiger partial charge in [0.05, 0.1) is 12.2 Å². The van der Waals surface area contributed by atoms with Crippen molar-refractivity contribution >= 4 is 40.4 Å². The van der Waals surface area contributed by atoms with E-state index in [4.69, 9.17) is 30.2 Å². The number of carbonyl (C=O) groups is 2. The van der Waals surface area contributed by atoms with Gasteiger partial charge in [-0.15, -0.1) is 0 Å². The summed E-state index contributed by atoms with van der Waals surface area (Å²) in [4.78, 5) is 25.6. The molecule has 170 valence electrons. The third-order valence-corrected chi connectivity index (χ3v) is 5.66. The summed E-state index contributed by atoms with van der Waals surface area (Å²) in [5.74, 6) is 0.573. The molecule has 0 saturated heterocycles. The molecule has 34 heavy (non-hydrogen) atoms. The average Bonchev–Trinajstić information content (AvgIpc) is 3.38. The Morgan fingerprint density at radius 2 is 1.88 bits per heavy atom. The van der Waals surface area contributed by atoms with E-state index in [9.17, 15) is 9.59 Å².